The van der Waals surface area contributed by atoms with Gasteiger partial charge in [0.1, 0.15) is 6.33 Å². The van der Waals surface area contributed by atoms with Crippen molar-refractivity contribution in [2.45, 2.75) is 45.7 Å². The first kappa shape index (κ1) is 17.0. The first-order valence-corrected chi connectivity index (χ1v) is 8.84. The van der Waals surface area contributed by atoms with E-state index in [4.69, 9.17) is 11.6 Å². The van der Waals surface area contributed by atoms with E-state index in [-0.39, 0.29) is 11.9 Å². The van der Waals surface area contributed by atoms with Crippen molar-refractivity contribution in [1.29, 1.82) is 0 Å². The average Bonchev–Trinajstić information content (AvgIpc) is 3.17. The molecule has 24 heavy (non-hydrogen) atoms. The minimum absolute atomic E-state index is 0.0334. The molecule has 0 aliphatic carbocycles. The maximum Gasteiger partial charge on any atom is 0.227 e. The number of halogens is 1. The Bertz CT molecular complexity index is 695. The standard InChI is InChI=1S/C18H23ClN4O/c1-13(2)11-22-12-20-21-18(22)16-4-3-9-23(16)17(24)10-14-5-7-15(19)8-6-14/h5-8,12-13,16H,3-4,9-11H2,1-2H3. The fraction of sp³-hybridized carbons (Fsp3) is 0.500. The van der Waals surface area contributed by atoms with Gasteiger partial charge in [0.15, 0.2) is 5.82 Å². The monoisotopic (exact) mass is 346 g/mol. The van der Waals surface area contributed by atoms with Gasteiger partial charge in [-0.05, 0) is 36.5 Å². The van der Waals surface area contributed by atoms with Crippen LogP contribution < -0.4 is 0 Å². The van der Waals surface area contributed by atoms with E-state index in [1.54, 1.807) is 6.33 Å². The molecule has 1 fully saturated rings. The number of amides is 1. The molecule has 2 aromatic rings. The van der Waals surface area contributed by atoms with Crippen LogP contribution in [0.4, 0.5) is 0 Å². The summed E-state index contributed by atoms with van der Waals surface area (Å²) in [5.74, 6) is 1.56. The van der Waals surface area contributed by atoms with Crippen LogP contribution in [0, 0.1) is 5.92 Å². The molecule has 0 N–H and O–H groups in total. The molecule has 2 heterocycles. The molecule has 0 radical (unpaired) electrons. The van der Waals surface area contributed by atoms with Crippen LogP contribution in [0.2, 0.25) is 5.02 Å². The van der Waals surface area contributed by atoms with Crippen LogP contribution in [-0.2, 0) is 17.8 Å². The fourth-order valence-electron chi connectivity index (χ4n) is 3.27. The molecule has 0 saturated carbocycles. The van der Waals surface area contributed by atoms with E-state index in [0.29, 0.717) is 17.4 Å². The first-order valence-electron chi connectivity index (χ1n) is 8.46. The number of rotatable bonds is 5. The van der Waals surface area contributed by atoms with Gasteiger partial charge in [0.25, 0.3) is 0 Å². The van der Waals surface area contributed by atoms with E-state index in [0.717, 1.165) is 37.3 Å². The molecule has 1 aliphatic heterocycles. The van der Waals surface area contributed by atoms with E-state index in [1.807, 2.05) is 29.2 Å². The molecule has 1 aromatic heterocycles. The Balaban J connectivity index is 1.74. The topological polar surface area (TPSA) is 51.0 Å². The SMILES string of the molecule is CC(C)Cn1cnnc1C1CCCN1C(=O)Cc1ccc(Cl)cc1. The van der Waals surface area contributed by atoms with Crippen molar-refractivity contribution in [3.63, 3.8) is 0 Å². The third kappa shape index (κ3) is 3.78. The summed E-state index contributed by atoms with van der Waals surface area (Å²) in [7, 11) is 0. The summed E-state index contributed by atoms with van der Waals surface area (Å²) in [5.41, 5.74) is 0.985. The van der Waals surface area contributed by atoms with Crippen LogP contribution >= 0.6 is 11.6 Å². The predicted octanol–water partition coefficient (Wildman–Crippen LogP) is 3.49. The van der Waals surface area contributed by atoms with Gasteiger partial charge in [-0.2, -0.15) is 0 Å². The highest BCUT2D eigenvalue weighted by molar-refractivity contribution is 6.30. The molecular formula is C18H23ClN4O. The number of aromatic nitrogens is 3. The zero-order valence-electron chi connectivity index (χ0n) is 14.2. The van der Waals surface area contributed by atoms with Crippen LogP contribution in [0.5, 0.6) is 0 Å². The third-order valence-electron chi connectivity index (χ3n) is 4.35. The Kier molecular flexibility index (Phi) is 5.19. The molecular weight excluding hydrogens is 324 g/mol. The highest BCUT2D eigenvalue weighted by atomic mass is 35.5. The van der Waals surface area contributed by atoms with E-state index in [2.05, 4.69) is 28.6 Å². The summed E-state index contributed by atoms with van der Waals surface area (Å²) in [6.07, 6.45) is 4.12. The second kappa shape index (κ2) is 7.34. The maximum absolute atomic E-state index is 12.8. The minimum Gasteiger partial charge on any atom is -0.332 e. The molecule has 1 aromatic carbocycles. The molecule has 1 amide bonds. The number of carbonyl (C=O) groups excluding carboxylic acids is 1. The molecule has 1 unspecified atom stereocenters. The summed E-state index contributed by atoms with van der Waals surface area (Å²) in [6, 6.07) is 7.50. The number of likely N-dealkylation sites (tertiary alicyclic amines) is 1. The van der Waals surface area contributed by atoms with Gasteiger partial charge in [-0.25, -0.2) is 0 Å². The van der Waals surface area contributed by atoms with E-state index in [9.17, 15) is 4.79 Å². The molecule has 0 bridgehead atoms. The van der Waals surface area contributed by atoms with Crippen LogP contribution in [0.25, 0.3) is 0 Å². The van der Waals surface area contributed by atoms with Crippen molar-refractivity contribution in [2.75, 3.05) is 6.54 Å². The lowest BCUT2D eigenvalue weighted by atomic mass is 10.1. The lowest BCUT2D eigenvalue weighted by Crippen LogP contribution is -2.33. The number of benzene rings is 1. The van der Waals surface area contributed by atoms with Gasteiger partial charge in [-0.3, -0.25) is 4.79 Å². The summed E-state index contributed by atoms with van der Waals surface area (Å²) < 4.78 is 2.09. The van der Waals surface area contributed by atoms with Gasteiger partial charge in [-0.15, -0.1) is 10.2 Å². The minimum atomic E-state index is 0.0334. The Hall–Kier alpha value is -1.88. The average molecular weight is 347 g/mol. The summed E-state index contributed by atoms with van der Waals surface area (Å²) in [5, 5.41) is 9.06. The molecule has 128 valence electrons. The zero-order chi connectivity index (χ0) is 17.1. The Morgan fingerprint density at radius 1 is 1.33 bits per heavy atom. The number of hydrogen-bond acceptors (Lipinski definition) is 3. The highest BCUT2D eigenvalue weighted by Crippen LogP contribution is 2.31. The number of hydrogen-bond donors (Lipinski definition) is 0. The zero-order valence-corrected chi connectivity index (χ0v) is 14.9. The Morgan fingerprint density at radius 2 is 2.08 bits per heavy atom. The normalized spacial score (nSPS) is 17.7. The molecule has 1 atom stereocenters. The van der Waals surface area contributed by atoms with Gasteiger partial charge in [-0.1, -0.05) is 37.6 Å². The third-order valence-corrected chi connectivity index (χ3v) is 4.60. The molecule has 3 rings (SSSR count). The van der Waals surface area contributed by atoms with Gasteiger partial charge < -0.3 is 9.47 Å². The van der Waals surface area contributed by atoms with Crippen molar-refractivity contribution in [3.8, 4) is 0 Å². The van der Waals surface area contributed by atoms with Crippen LogP contribution in [-0.4, -0.2) is 32.1 Å². The lowest BCUT2D eigenvalue weighted by Gasteiger charge is -2.25. The van der Waals surface area contributed by atoms with E-state index < -0.39 is 0 Å². The van der Waals surface area contributed by atoms with Crippen molar-refractivity contribution in [3.05, 3.63) is 47.0 Å². The number of nitrogens with zero attached hydrogens (tertiary/aromatic N) is 4. The van der Waals surface area contributed by atoms with Crippen molar-refractivity contribution in [1.82, 2.24) is 19.7 Å². The van der Waals surface area contributed by atoms with Crippen molar-refractivity contribution in [2.24, 2.45) is 5.92 Å². The summed E-state index contributed by atoms with van der Waals surface area (Å²) in [6.45, 7) is 5.99. The van der Waals surface area contributed by atoms with Gasteiger partial charge >= 0.3 is 0 Å². The lowest BCUT2D eigenvalue weighted by molar-refractivity contribution is -0.131. The maximum atomic E-state index is 12.8. The van der Waals surface area contributed by atoms with Gasteiger partial charge in [0.2, 0.25) is 5.91 Å². The quantitative estimate of drug-likeness (QED) is 0.832. The summed E-state index contributed by atoms with van der Waals surface area (Å²) >= 11 is 5.91. The molecule has 1 saturated heterocycles. The highest BCUT2D eigenvalue weighted by Gasteiger charge is 2.33. The van der Waals surface area contributed by atoms with E-state index in [1.165, 1.54) is 0 Å². The van der Waals surface area contributed by atoms with Crippen molar-refractivity contribution < 1.29 is 4.79 Å². The van der Waals surface area contributed by atoms with Gasteiger partial charge in [0.05, 0.1) is 12.5 Å². The molecule has 5 nitrogen and oxygen atoms in total. The second-order valence-electron chi connectivity index (χ2n) is 6.78. The molecule has 6 heteroatoms. The molecule has 1 aliphatic rings. The first-order chi connectivity index (χ1) is 11.5. The second-order valence-corrected chi connectivity index (χ2v) is 7.22. The Labute approximate surface area is 147 Å². The van der Waals surface area contributed by atoms with Gasteiger partial charge in [0, 0.05) is 18.1 Å². The van der Waals surface area contributed by atoms with Crippen molar-refractivity contribution >= 4 is 17.5 Å². The van der Waals surface area contributed by atoms with E-state index >= 15 is 0 Å². The van der Waals surface area contributed by atoms with Crippen LogP contribution in [0.3, 0.4) is 0 Å². The smallest absolute Gasteiger partial charge is 0.227 e. The van der Waals surface area contributed by atoms with Crippen LogP contribution in [0.1, 0.15) is 44.1 Å². The number of carbonyl (C=O) groups is 1. The summed E-state index contributed by atoms with van der Waals surface area (Å²) in [4.78, 5) is 14.7. The molecule has 0 spiro atoms. The largest absolute Gasteiger partial charge is 0.332 e. The van der Waals surface area contributed by atoms with Crippen LogP contribution in [0.15, 0.2) is 30.6 Å². The predicted molar refractivity (Wildman–Crippen MR) is 93.7 cm³/mol. The fourth-order valence-corrected chi connectivity index (χ4v) is 3.39. The Morgan fingerprint density at radius 3 is 2.79 bits per heavy atom.